The standard InChI is InChI=1S/C49H80O17P2/c1-3-5-7-9-11-13-15-17-18-19-20-21-23-25-27-29-31-35-43(51)63-39(38-62-68(59,60)66-49-46(54)44(52)45(53)48(47(49)55)65-67(56,57)58)37-61-42(50)36-32-34-41-40(64-41)33-30-28-26-24-22-16-14-12-10-8-6-4-2/h11-14,17-18,20-22,24-25,27-28,30,39-41,44-49,52-55H,3-10,15-16,19,23,26,29,31-38H2,1-2H3,(H,59,60)(H2,56,57,58)/b13-11-,14-12-,18-17-,21-20-,24-22-,27-25-,30-28-/t39-,40?,41?,44?,45?,46?,47?,48-,49+/m1/s1. The molecule has 0 spiro atoms. The lowest BCUT2D eigenvalue weighted by Gasteiger charge is -2.43. The third kappa shape index (κ3) is 29.4. The number of phosphoric acid groups is 2. The third-order valence-corrected chi connectivity index (χ3v) is 12.4. The molecule has 10 atom stereocenters. The number of carbonyl (C=O) groups is 2. The number of hydrogen-bond donors (Lipinski definition) is 7. The highest BCUT2D eigenvalue weighted by atomic mass is 31.2. The minimum atomic E-state index is -5.38. The van der Waals surface area contributed by atoms with E-state index in [1.807, 2.05) is 18.2 Å². The van der Waals surface area contributed by atoms with Crippen molar-refractivity contribution in [1.29, 1.82) is 0 Å². The Morgan fingerprint density at radius 2 is 1.01 bits per heavy atom. The summed E-state index contributed by atoms with van der Waals surface area (Å²) in [6.45, 7) is 2.93. The van der Waals surface area contributed by atoms with Gasteiger partial charge in [-0.15, -0.1) is 0 Å². The van der Waals surface area contributed by atoms with E-state index in [0.717, 1.165) is 51.4 Å². The first kappa shape index (κ1) is 61.3. The summed E-state index contributed by atoms with van der Waals surface area (Å²) < 4.78 is 55.1. The van der Waals surface area contributed by atoms with Crippen LogP contribution in [0.15, 0.2) is 85.1 Å². The average Bonchev–Trinajstić information content (AvgIpc) is 4.05. The fourth-order valence-electron chi connectivity index (χ4n) is 6.99. The van der Waals surface area contributed by atoms with Crippen molar-refractivity contribution < 1.29 is 81.6 Å². The van der Waals surface area contributed by atoms with Gasteiger partial charge in [0.2, 0.25) is 0 Å². The Bertz CT molecular complexity index is 1700. The molecule has 68 heavy (non-hydrogen) atoms. The lowest BCUT2D eigenvalue weighted by molar-refractivity contribution is -0.216. The van der Waals surface area contributed by atoms with Gasteiger partial charge < -0.3 is 49.3 Å². The van der Waals surface area contributed by atoms with Gasteiger partial charge in [0.05, 0.1) is 18.8 Å². The van der Waals surface area contributed by atoms with E-state index in [4.69, 9.17) is 23.3 Å². The summed E-state index contributed by atoms with van der Waals surface area (Å²) in [5.41, 5.74) is 0. The number of aliphatic hydroxyl groups excluding tert-OH is 4. The Morgan fingerprint density at radius 1 is 0.544 bits per heavy atom. The van der Waals surface area contributed by atoms with Crippen molar-refractivity contribution in [1.82, 2.24) is 0 Å². The lowest BCUT2D eigenvalue weighted by Crippen LogP contribution is -2.64. The fourth-order valence-corrected chi connectivity index (χ4v) is 8.52. The molecular formula is C49H80O17P2. The number of hydrogen-bond acceptors (Lipinski definition) is 14. The molecule has 0 aromatic rings. The highest BCUT2D eigenvalue weighted by Crippen LogP contribution is 2.49. The second-order valence-electron chi connectivity index (χ2n) is 16.9. The minimum Gasteiger partial charge on any atom is -0.462 e. The molecule has 0 radical (unpaired) electrons. The van der Waals surface area contributed by atoms with Crippen LogP contribution in [0.25, 0.3) is 0 Å². The molecule has 19 heteroatoms. The number of allylic oxidation sites excluding steroid dienone is 13. The van der Waals surface area contributed by atoms with E-state index in [2.05, 4.69) is 85.2 Å². The van der Waals surface area contributed by atoms with Crippen LogP contribution < -0.4 is 0 Å². The number of esters is 2. The molecule has 0 bridgehead atoms. The van der Waals surface area contributed by atoms with Crippen LogP contribution in [0.2, 0.25) is 0 Å². The summed E-state index contributed by atoms with van der Waals surface area (Å²) in [5.74, 6) is -1.36. The van der Waals surface area contributed by atoms with Crippen LogP contribution in [0.5, 0.6) is 0 Å². The van der Waals surface area contributed by atoms with Crippen LogP contribution in [-0.4, -0.2) is 115 Å². The molecular weight excluding hydrogens is 922 g/mol. The van der Waals surface area contributed by atoms with E-state index in [-0.39, 0.29) is 25.0 Å². The SMILES string of the molecule is CCCCC/C=C\C/C=C\C/C=C\C/C=C\CCCC(=O)O[C@H](COC(=O)CCCC1OC1C/C=C\C/C=C\C/C=C\CCCCC)COP(=O)(O)O[C@H]1C(O)C(O)C(O)[C@@H](OP(=O)(O)O)C1O. The monoisotopic (exact) mass is 1000 g/mol. The first-order valence-electron chi connectivity index (χ1n) is 24.3. The van der Waals surface area contributed by atoms with Crippen molar-refractivity contribution in [2.75, 3.05) is 13.2 Å². The van der Waals surface area contributed by atoms with Crippen LogP contribution in [0.3, 0.4) is 0 Å². The molecule has 1 heterocycles. The zero-order valence-corrected chi connectivity index (χ0v) is 41.7. The molecule has 7 unspecified atom stereocenters. The van der Waals surface area contributed by atoms with Gasteiger partial charge in [-0.25, -0.2) is 9.13 Å². The number of ether oxygens (including phenoxy) is 3. The molecule has 388 valence electrons. The van der Waals surface area contributed by atoms with Crippen LogP contribution >= 0.6 is 15.6 Å². The Kier molecular flexibility index (Phi) is 32.5. The predicted molar refractivity (Wildman–Crippen MR) is 259 cm³/mol. The van der Waals surface area contributed by atoms with Gasteiger partial charge in [0.15, 0.2) is 6.10 Å². The van der Waals surface area contributed by atoms with E-state index >= 15 is 0 Å². The maximum Gasteiger partial charge on any atom is 0.472 e. The summed E-state index contributed by atoms with van der Waals surface area (Å²) in [6, 6.07) is 0. The van der Waals surface area contributed by atoms with Crippen molar-refractivity contribution in [3.8, 4) is 0 Å². The summed E-state index contributed by atoms with van der Waals surface area (Å²) in [6.07, 6.45) is 31.3. The first-order chi connectivity index (χ1) is 32.6. The second-order valence-corrected chi connectivity index (χ2v) is 19.5. The van der Waals surface area contributed by atoms with Crippen LogP contribution in [-0.2, 0) is 46.5 Å². The Balaban J connectivity index is 1.85. The molecule has 0 aromatic heterocycles. The van der Waals surface area contributed by atoms with Crippen molar-refractivity contribution in [2.24, 2.45) is 0 Å². The van der Waals surface area contributed by atoms with Crippen molar-refractivity contribution in [3.05, 3.63) is 85.1 Å². The number of phosphoric ester groups is 2. The van der Waals surface area contributed by atoms with Crippen molar-refractivity contribution in [3.63, 3.8) is 0 Å². The van der Waals surface area contributed by atoms with Crippen LogP contribution in [0.4, 0.5) is 0 Å². The van der Waals surface area contributed by atoms with E-state index in [1.54, 1.807) is 0 Å². The Labute approximate surface area is 403 Å². The largest absolute Gasteiger partial charge is 0.472 e. The van der Waals surface area contributed by atoms with Gasteiger partial charge in [0.25, 0.3) is 0 Å². The molecule has 1 aliphatic carbocycles. The molecule has 1 saturated heterocycles. The summed E-state index contributed by atoms with van der Waals surface area (Å²) in [4.78, 5) is 54.4. The minimum absolute atomic E-state index is 0.0157. The van der Waals surface area contributed by atoms with Crippen molar-refractivity contribution in [2.45, 2.75) is 197 Å². The molecule has 1 aliphatic heterocycles. The lowest BCUT2D eigenvalue weighted by atomic mass is 9.85. The molecule has 17 nitrogen and oxygen atoms in total. The van der Waals surface area contributed by atoms with Gasteiger partial charge in [-0.3, -0.25) is 23.2 Å². The number of unbranched alkanes of at least 4 members (excludes halogenated alkanes) is 7. The van der Waals surface area contributed by atoms with Crippen LogP contribution in [0, 0.1) is 0 Å². The zero-order valence-electron chi connectivity index (χ0n) is 39.9. The highest BCUT2D eigenvalue weighted by Gasteiger charge is 2.54. The average molecular weight is 1000 g/mol. The normalized spacial score (nSPS) is 25.0. The summed E-state index contributed by atoms with van der Waals surface area (Å²) in [7, 11) is -10.7. The van der Waals surface area contributed by atoms with Gasteiger partial charge in [-0.2, -0.15) is 0 Å². The summed E-state index contributed by atoms with van der Waals surface area (Å²) in [5, 5.41) is 41.3. The maximum absolute atomic E-state index is 13.0. The number of carbonyl (C=O) groups excluding carboxylic acids is 2. The molecule has 1 saturated carbocycles. The van der Waals surface area contributed by atoms with Gasteiger partial charge in [-0.1, -0.05) is 125 Å². The van der Waals surface area contributed by atoms with E-state index in [1.165, 1.54) is 38.5 Å². The molecule has 2 rings (SSSR count). The zero-order chi connectivity index (χ0) is 50.0. The molecule has 7 N–H and O–H groups in total. The molecule has 2 aliphatic rings. The second kappa shape index (κ2) is 36.1. The number of aliphatic hydroxyl groups is 4. The fraction of sp³-hybridized carbons (Fsp3) is 0.673. The maximum atomic E-state index is 13.0. The van der Waals surface area contributed by atoms with E-state index < -0.39 is 83.5 Å². The topological polar surface area (TPSA) is 269 Å². The van der Waals surface area contributed by atoms with E-state index in [0.29, 0.717) is 25.7 Å². The number of rotatable bonds is 38. The Hall–Kier alpha value is -2.86. The molecule has 0 amide bonds. The molecule has 0 aromatic carbocycles. The van der Waals surface area contributed by atoms with Gasteiger partial charge >= 0.3 is 27.6 Å². The quantitative estimate of drug-likeness (QED) is 0.0101. The van der Waals surface area contributed by atoms with E-state index in [9.17, 15) is 53.8 Å². The van der Waals surface area contributed by atoms with Gasteiger partial charge in [-0.05, 0) is 89.9 Å². The first-order valence-corrected chi connectivity index (χ1v) is 27.3. The smallest absolute Gasteiger partial charge is 0.462 e. The van der Waals surface area contributed by atoms with Crippen LogP contribution in [0.1, 0.15) is 142 Å². The summed E-state index contributed by atoms with van der Waals surface area (Å²) >= 11 is 0. The number of epoxide rings is 1. The third-order valence-electron chi connectivity index (χ3n) is 10.9. The highest BCUT2D eigenvalue weighted by molar-refractivity contribution is 7.47. The van der Waals surface area contributed by atoms with Gasteiger partial charge in [0, 0.05) is 12.8 Å². The predicted octanol–water partition coefficient (Wildman–Crippen LogP) is 8.38. The Morgan fingerprint density at radius 3 is 1.53 bits per heavy atom. The molecule has 2 fully saturated rings. The van der Waals surface area contributed by atoms with Crippen molar-refractivity contribution >= 4 is 27.6 Å². The van der Waals surface area contributed by atoms with Gasteiger partial charge in [0.1, 0.15) is 43.2 Å².